The standard InChI is InChI=1S/C20H20N4O/c25-20(22-12-10-16-5-2-1-3-6-16)18-8-9-19(24-15-18)23-14-17-7-4-11-21-13-17/h1-9,11,13,15H,10,12,14H2,(H,22,25)(H,23,24). The van der Waals surface area contributed by atoms with E-state index in [9.17, 15) is 4.79 Å². The number of benzene rings is 1. The highest BCUT2D eigenvalue weighted by Gasteiger charge is 2.05. The first-order chi connectivity index (χ1) is 12.3. The first-order valence-electron chi connectivity index (χ1n) is 8.22. The van der Waals surface area contributed by atoms with Crippen molar-refractivity contribution in [2.24, 2.45) is 0 Å². The molecule has 126 valence electrons. The zero-order valence-electron chi connectivity index (χ0n) is 13.9. The van der Waals surface area contributed by atoms with E-state index in [4.69, 9.17) is 0 Å². The maximum absolute atomic E-state index is 12.1. The van der Waals surface area contributed by atoms with Crippen molar-refractivity contribution in [2.45, 2.75) is 13.0 Å². The predicted molar refractivity (Wildman–Crippen MR) is 98.3 cm³/mol. The number of amides is 1. The van der Waals surface area contributed by atoms with Crippen molar-refractivity contribution in [2.75, 3.05) is 11.9 Å². The van der Waals surface area contributed by atoms with Crippen LogP contribution in [0, 0.1) is 0 Å². The molecule has 0 aliphatic carbocycles. The predicted octanol–water partition coefficient (Wildman–Crippen LogP) is 3.06. The molecule has 0 spiro atoms. The quantitative estimate of drug-likeness (QED) is 0.698. The van der Waals surface area contributed by atoms with Gasteiger partial charge < -0.3 is 10.6 Å². The normalized spacial score (nSPS) is 10.2. The molecule has 2 N–H and O–H groups in total. The van der Waals surface area contributed by atoms with E-state index in [-0.39, 0.29) is 5.91 Å². The number of pyridine rings is 2. The number of carbonyl (C=O) groups is 1. The second-order valence-corrected chi connectivity index (χ2v) is 5.64. The maximum atomic E-state index is 12.1. The average molecular weight is 332 g/mol. The summed E-state index contributed by atoms with van der Waals surface area (Å²) in [5.41, 5.74) is 2.84. The van der Waals surface area contributed by atoms with Gasteiger partial charge in [0.05, 0.1) is 5.56 Å². The minimum Gasteiger partial charge on any atom is -0.366 e. The highest BCUT2D eigenvalue weighted by atomic mass is 16.1. The number of hydrogen-bond donors (Lipinski definition) is 2. The molecule has 0 atom stereocenters. The van der Waals surface area contributed by atoms with Crippen LogP contribution in [0.4, 0.5) is 5.82 Å². The van der Waals surface area contributed by atoms with Crippen molar-refractivity contribution in [3.63, 3.8) is 0 Å². The van der Waals surface area contributed by atoms with Crippen LogP contribution in [-0.4, -0.2) is 22.4 Å². The van der Waals surface area contributed by atoms with Crippen LogP contribution in [0.25, 0.3) is 0 Å². The number of rotatable bonds is 7. The van der Waals surface area contributed by atoms with Crippen molar-refractivity contribution in [1.29, 1.82) is 0 Å². The molecule has 0 saturated carbocycles. The Hall–Kier alpha value is -3.21. The van der Waals surface area contributed by atoms with Crippen molar-refractivity contribution < 1.29 is 4.79 Å². The molecule has 0 aliphatic heterocycles. The zero-order chi connectivity index (χ0) is 17.3. The lowest BCUT2D eigenvalue weighted by molar-refractivity contribution is 0.0954. The molecule has 5 nitrogen and oxygen atoms in total. The van der Waals surface area contributed by atoms with Gasteiger partial charge in [-0.2, -0.15) is 0 Å². The summed E-state index contributed by atoms with van der Waals surface area (Å²) in [5.74, 6) is 0.618. The van der Waals surface area contributed by atoms with E-state index in [1.54, 1.807) is 18.5 Å². The summed E-state index contributed by atoms with van der Waals surface area (Å²) < 4.78 is 0. The van der Waals surface area contributed by atoms with Gasteiger partial charge in [0.15, 0.2) is 0 Å². The summed E-state index contributed by atoms with van der Waals surface area (Å²) in [6, 6.07) is 17.6. The van der Waals surface area contributed by atoms with Gasteiger partial charge in [0.1, 0.15) is 5.82 Å². The van der Waals surface area contributed by atoms with Crippen LogP contribution in [0.5, 0.6) is 0 Å². The molecule has 0 fully saturated rings. The lowest BCUT2D eigenvalue weighted by Gasteiger charge is -2.07. The smallest absolute Gasteiger partial charge is 0.252 e. The lowest BCUT2D eigenvalue weighted by atomic mass is 10.1. The molecule has 2 heterocycles. The van der Waals surface area contributed by atoms with Gasteiger partial charge >= 0.3 is 0 Å². The molecule has 0 radical (unpaired) electrons. The second-order valence-electron chi connectivity index (χ2n) is 5.64. The first-order valence-corrected chi connectivity index (χ1v) is 8.22. The third-order valence-electron chi connectivity index (χ3n) is 3.76. The van der Waals surface area contributed by atoms with Gasteiger partial charge in [-0.1, -0.05) is 36.4 Å². The Morgan fingerprint density at radius 2 is 1.76 bits per heavy atom. The maximum Gasteiger partial charge on any atom is 0.252 e. The Bertz CT molecular complexity index is 789. The van der Waals surface area contributed by atoms with E-state index in [2.05, 4.69) is 32.7 Å². The number of nitrogens with one attached hydrogen (secondary N) is 2. The molecule has 25 heavy (non-hydrogen) atoms. The summed E-state index contributed by atoms with van der Waals surface area (Å²) >= 11 is 0. The molecule has 5 heteroatoms. The van der Waals surface area contributed by atoms with Gasteiger partial charge in [0.2, 0.25) is 0 Å². The number of hydrogen-bond acceptors (Lipinski definition) is 4. The number of anilines is 1. The van der Waals surface area contributed by atoms with Gasteiger partial charge in [-0.15, -0.1) is 0 Å². The molecule has 1 amide bonds. The molecule has 2 aromatic heterocycles. The fourth-order valence-corrected chi connectivity index (χ4v) is 2.40. The summed E-state index contributed by atoms with van der Waals surface area (Å²) in [6.07, 6.45) is 5.95. The molecule has 0 saturated heterocycles. The Morgan fingerprint density at radius 3 is 2.48 bits per heavy atom. The van der Waals surface area contributed by atoms with Crippen molar-refractivity contribution in [3.05, 3.63) is 89.9 Å². The fraction of sp³-hybridized carbons (Fsp3) is 0.150. The summed E-state index contributed by atoms with van der Waals surface area (Å²) in [7, 11) is 0. The van der Waals surface area contributed by atoms with E-state index in [0.29, 0.717) is 18.7 Å². The topological polar surface area (TPSA) is 66.9 Å². The summed E-state index contributed by atoms with van der Waals surface area (Å²) in [5, 5.41) is 6.13. The van der Waals surface area contributed by atoms with E-state index < -0.39 is 0 Å². The Labute approximate surface area is 147 Å². The molecule has 1 aromatic carbocycles. The first kappa shape index (κ1) is 16.6. The van der Waals surface area contributed by atoms with Crippen LogP contribution in [0.3, 0.4) is 0 Å². The molecule has 3 aromatic rings. The Morgan fingerprint density at radius 1 is 0.920 bits per heavy atom. The molecule has 0 aliphatic rings. The van der Waals surface area contributed by atoms with E-state index in [1.165, 1.54) is 5.56 Å². The van der Waals surface area contributed by atoms with Gasteiger partial charge in [0.25, 0.3) is 5.91 Å². The zero-order valence-corrected chi connectivity index (χ0v) is 13.9. The molecular weight excluding hydrogens is 312 g/mol. The molecule has 3 rings (SSSR count). The molecular formula is C20H20N4O. The van der Waals surface area contributed by atoms with Crippen LogP contribution in [0.15, 0.2) is 73.2 Å². The van der Waals surface area contributed by atoms with Gasteiger partial charge in [-0.25, -0.2) is 4.98 Å². The van der Waals surface area contributed by atoms with Crippen LogP contribution < -0.4 is 10.6 Å². The van der Waals surface area contributed by atoms with Crippen molar-refractivity contribution in [3.8, 4) is 0 Å². The minimum absolute atomic E-state index is 0.109. The summed E-state index contributed by atoms with van der Waals surface area (Å²) in [6.45, 7) is 1.24. The molecule has 0 unspecified atom stereocenters. The SMILES string of the molecule is O=C(NCCc1ccccc1)c1ccc(NCc2cccnc2)nc1. The van der Waals surface area contributed by atoms with Crippen molar-refractivity contribution >= 4 is 11.7 Å². The van der Waals surface area contributed by atoms with Crippen LogP contribution >= 0.6 is 0 Å². The van der Waals surface area contributed by atoms with E-state index >= 15 is 0 Å². The van der Waals surface area contributed by atoms with Gasteiger partial charge in [0, 0.05) is 31.7 Å². The average Bonchev–Trinajstić information content (AvgIpc) is 2.68. The number of aromatic nitrogens is 2. The third kappa shape index (κ3) is 5.14. The molecule has 0 bridgehead atoms. The van der Waals surface area contributed by atoms with Gasteiger partial charge in [-0.05, 0) is 35.7 Å². The second kappa shape index (κ2) is 8.59. The Kier molecular flexibility index (Phi) is 5.72. The van der Waals surface area contributed by atoms with Crippen LogP contribution in [-0.2, 0) is 13.0 Å². The van der Waals surface area contributed by atoms with Crippen LogP contribution in [0.1, 0.15) is 21.5 Å². The minimum atomic E-state index is -0.109. The monoisotopic (exact) mass is 332 g/mol. The summed E-state index contributed by atoms with van der Waals surface area (Å²) in [4.78, 5) is 20.5. The van der Waals surface area contributed by atoms with Gasteiger partial charge in [-0.3, -0.25) is 9.78 Å². The third-order valence-corrected chi connectivity index (χ3v) is 3.76. The van der Waals surface area contributed by atoms with Crippen LogP contribution in [0.2, 0.25) is 0 Å². The van der Waals surface area contributed by atoms with Crippen molar-refractivity contribution in [1.82, 2.24) is 15.3 Å². The lowest BCUT2D eigenvalue weighted by Crippen LogP contribution is -2.25. The van der Waals surface area contributed by atoms with E-state index in [0.717, 1.165) is 17.8 Å². The van der Waals surface area contributed by atoms with E-state index in [1.807, 2.05) is 42.6 Å². The fourth-order valence-electron chi connectivity index (χ4n) is 2.40. The number of nitrogens with zero attached hydrogens (tertiary/aromatic N) is 2. The largest absolute Gasteiger partial charge is 0.366 e. The number of carbonyl (C=O) groups excluding carboxylic acids is 1. The highest BCUT2D eigenvalue weighted by Crippen LogP contribution is 2.07. The highest BCUT2D eigenvalue weighted by molar-refractivity contribution is 5.94. The Balaban J connectivity index is 1.47.